The van der Waals surface area contributed by atoms with E-state index in [1.807, 2.05) is 14.0 Å². The number of guanidine groups is 1. The van der Waals surface area contributed by atoms with Gasteiger partial charge in [-0.1, -0.05) is 24.3 Å². The van der Waals surface area contributed by atoms with E-state index >= 15 is 0 Å². The molecule has 1 N–H and O–H groups in total. The molecule has 0 saturated heterocycles. The molecule has 0 aliphatic heterocycles. The molecule has 0 heterocycles. The maximum atomic E-state index is 4.32. The van der Waals surface area contributed by atoms with Crippen molar-refractivity contribution >= 4 is 41.7 Å². The maximum absolute atomic E-state index is 4.32. The van der Waals surface area contributed by atoms with Crippen LogP contribution in [0, 0.1) is 0 Å². The van der Waals surface area contributed by atoms with Gasteiger partial charge in [0.25, 0.3) is 0 Å². The van der Waals surface area contributed by atoms with Gasteiger partial charge in [-0.3, -0.25) is 4.99 Å². The van der Waals surface area contributed by atoms with Gasteiger partial charge in [-0.2, -0.15) is 0 Å². The van der Waals surface area contributed by atoms with E-state index in [4.69, 9.17) is 0 Å². The fourth-order valence-electron chi connectivity index (χ4n) is 1.90. The third-order valence-corrected chi connectivity index (χ3v) is 3.73. The zero-order valence-electron chi connectivity index (χ0n) is 13.3. The quantitative estimate of drug-likeness (QED) is 0.189. The van der Waals surface area contributed by atoms with Crippen LogP contribution >= 0.6 is 35.7 Å². The minimum Gasteiger partial charge on any atom is -0.356 e. The van der Waals surface area contributed by atoms with Gasteiger partial charge in [-0.05, 0) is 37.3 Å². The van der Waals surface area contributed by atoms with Gasteiger partial charge in [-0.15, -0.1) is 35.7 Å². The number of nitrogens with one attached hydrogen (secondary N) is 1. The van der Waals surface area contributed by atoms with Crippen molar-refractivity contribution < 1.29 is 0 Å². The van der Waals surface area contributed by atoms with Crippen molar-refractivity contribution in [1.82, 2.24) is 10.2 Å². The molecule has 5 heteroatoms. The van der Waals surface area contributed by atoms with E-state index in [1.54, 1.807) is 11.8 Å². The first-order valence-electron chi connectivity index (χ1n) is 6.87. The standard InChI is InChI=1S/C16H25N3S.HI/c1-5-6-7-12-18-16(17-2)19(3)13-14-8-10-15(20-4)11-9-14;/h5-6,8-11H,7,12-13H2,1-4H3,(H,17,18);1H/b6-5+;. The van der Waals surface area contributed by atoms with E-state index in [2.05, 4.69) is 64.9 Å². The molecule has 21 heavy (non-hydrogen) atoms. The lowest BCUT2D eigenvalue weighted by Gasteiger charge is -2.22. The van der Waals surface area contributed by atoms with Gasteiger partial charge < -0.3 is 10.2 Å². The van der Waals surface area contributed by atoms with Gasteiger partial charge in [0, 0.05) is 32.1 Å². The van der Waals surface area contributed by atoms with Crippen molar-refractivity contribution in [1.29, 1.82) is 0 Å². The van der Waals surface area contributed by atoms with Crippen LogP contribution in [-0.2, 0) is 6.54 Å². The number of allylic oxidation sites excluding steroid dienone is 1. The van der Waals surface area contributed by atoms with E-state index in [0.29, 0.717) is 0 Å². The molecule has 0 spiro atoms. The van der Waals surface area contributed by atoms with Gasteiger partial charge in [0.15, 0.2) is 5.96 Å². The molecular formula is C16H26IN3S. The smallest absolute Gasteiger partial charge is 0.193 e. The van der Waals surface area contributed by atoms with Crippen LogP contribution in [0.1, 0.15) is 18.9 Å². The molecule has 1 aromatic rings. The molecule has 0 unspecified atom stereocenters. The van der Waals surface area contributed by atoms with Gasteiger partial charge >= 0.3 is 0 Å². The topological polar surface area (TPSA) is 27.6 Å². The first-order chi connectivity index (χ1) is 9.71. The molecule has 0 amide bonds. The first kappa shape index (κ1) is 20.3. The van der Waals surface area contributed by atoms with Crippen LogP contribution in [0.4, 0.5) is 0 Å². The Bertz CT molecular complexity index is 443. The Hall–Kier alpha value is -0.690. The summed E-state index contributed by atoms with van der Waals surface area (Å²) in [4.78, 5) is 7.76. The number of hydrogen-bond donors (Lipinski definition) is 1. The van der Waals surface area contributed by atoms with Crippen molar-refractivity contribution in [3.8, 4) is 0 Å². The minimum absolute atomic E-state index is 0. The van der Waals surface area contributed by atoms with E-state index in [-0.39, 0.29) is 24.0 Å². The summed E-state index contributed by atoms with van der Waals surface area (Å²) in [6, 6.07) is 8.68. The summed E-state index contributed by atoms with van der Waals surface area (Å²) in [5, 5.41) is 3.37. The highest BCUT2D eigenvalue weighted by atomic mass is 127. The SMILES string of the molecule is C/C=C/CCNC(=NC)N(C)Cc1ccc(SC)cc1.I. The molecule has 0 radical (unpaired) electrons. The molecule has 0 bridgehead atoms. The van der Waals surface area contributed by atoms with Gasteiger partial charge in [0.1, 0.15) is 0 Å². The second kappa shape index (κ2) is 11.9. The summed E-state index contributed by atoms with van der Waals surface area (Å²) >= 11 is 1.77. The molecule has 0 fully saturated rings. The van der Waals surface area contributed by atoms with Crippen LogP contribution in [0.5, 0.6) is 0 Å². The summed E-state index contributed by atoms with van der Waals surface area (Å²) in [6.45, 7) is 3.81. The Kier molecular flexibility index (Phi) is 11.5. The molecule has 0 aromatic heterocycles. The van der Waals surface area contributed by atoms with Crippen molar-refractivity contribution in [2.75, 3.05) is 26.9 Å². The number of aliphatic imine (C=N–C) groups is 1. The minimum atomic E-state index is 0. The normalized spacial score (nSPS) is 11.3. The third kappa shape index (κ3) is 7.76. The molecule has 1 rings (SSSR count). The van der Waals surface area contributed by atoms with Gasteiger partial charge in [-0.25, -0.2) is 0 Å². The summed E-state index contributed by atoms with van der Waals surface area (Å²) in [6.07, 6.45) is 7.34. The van der Waals surface area contributed by atoms with Crippen molar-refractivity contribution in [2.24, 2.45) is 4.99 Å². The maximum Gasteiger partial charge on any atom is 0.193 e. The van der Waals surface area contributed by atoms with E-state index in [0.717, 1.165) is 25.5 Å². The van der Waals surface area contributed by atoms with E-state index in [9.17, 15) is 0 Å². The van der Waals surface area contributed by atoms with Crippen molar-refractivity contribution in [2.45, 2.75) is 24.8 Å². The molecule has 0 aliphatic rings. The van der Waals surface area contributed by atoms with Crippen molar-refractivity contribution in [3.63, 3.8) is 0 Å². The van der Waals surface area contributed by atoms with Crippen LogP contribution in [0.2, 0.25) is 0 Å². The lowest BCUT2D eigenvalue weighted by molar-refractivity contribution is 0.477. The van der Waals surface area contributed by atoms with Crippen LogP contribution in [0.25, 0.3) is 0 Å². The zero-order valence-corrected chi connectivity index (χ0v) is 16.4. The van der Waals surface area contributed by atoms with Crippen molar-refractivity contribution in [3.05, 3.63) is 42.0 Å². The highest BCUT2D eigenvalue weighted by Crippen LogP contribution is 2.15. The zero-order chi connectivity index (χ0) is 14.8. The number of thioether (sulfide) groups is 1. The van der Waals surface area contributed by atoms with E-state index in [1.165, 1.54) is 10.5 Å². The number of benzene rings is 1. The van der Waals surface area contributed by atoms with Gasteiger partial charge in [0.2, 0.25) is 0 Å². The molecule has 1 aromatic carbocycles. The Morgan fingerprint density at radius 3 is 2.52 bits per heavy atom. The number of rotatable bonds is 6. The first-order valence-corrected chi connectivity index (χ1v) is 8.09. The monoisotopic (exact) mass is 419 g/mol. The summed E-state index contributed by atoms with van der Waals surface area (Å²) in [7, 11) is 3.89. The Labute approximate surface area is 150 Å². The molecule has 118 valence electrons. The average Bonchev–Trinajstić information content (AvgIpc) is 2.48. The van der Waals surface area contributed by atoms with Crippen LogP contribution < -0.4 is 5.32 Å². The summed E-state index contributed by atoms with van der Waals surface area (Å²) < 4.78 is 0. The molecule has 0 aliphatic carbocycles. The molecule has 0 saturated carbocycles. The molecular weight excluding hydrogens is 393 g/mol. The second-order valence-corrected chi connectivity index (χ2v) is 5.42. The van der Waals surface area contributed by atoms with Crippen LogP contribution in [-0.4, -0.2) is 37.8 Å². The lowest BCUT2D eigenvalue weighted by atomic mass is 10.2. The Balaban J connectivity index is 0.00000400. The predicted octanol–water partition coefficient (Wildman–Crippen LogP) is 4.00. The van der Waals surface area contributed by atoms with Crippen LogP contribution in [0.15, 0.2) is 46.3 Å². The number of hydrogen-bond acceptors (Lipinski definition) is 2. The highest BCUT2D eigenvalue weighted by molar-refractivity contribution is 14.0. The highest BCUT2D eigenvalue weighted by Gasteiger charge is 2.05. The average molecular weight is 419 g/mol. The van der Waals surface area contributed by atoms with Gasteiger partial charge in [0.05, 0.1) is 0 Å². The fourth-order valence-corrected chi connectivity index (χ4v) is 2.31. The molecule has 3 nitrogen and oxygen atoms in total. The number of nitrogens with zero attached hydrogens (tertiary/aromatic N) is 2. The molecule has 0 atom stereocenters. The van der Waals surface area contributed by atoms with E-state index < -0.39 is 0 Å². The fraction of sp³-hybridized carbons (Fsp3) is 0.438. The summed E-state index contributed by atoms with van der Waals surface area (Å²) in [5.74, 6) is 0.934. The second-order valence-electron chi connectivity index (χ2n) is 4.54. The predicted molar refractivity (Wildman–Crippen MR) is 106 cm³/mol. The number of halogens is 1. The largest absolute Gasteiger partial charge is 0.356 e. The Morgan fingerprint density at radius 2 is 2.00 bits per heavy atom. The third-order valence-electron chi connectivity index (χ3n) is 2.98. The summed E-state index contributed by atoms with van der Waals surface area (Å²) in [5.41, 5.74) is 1.29. The van der Waals surface area contributed by atoms with Crippen LogP contribution in [0.3, 0.4) is 0 Å². The lowest BCUT2D eigenvalue weighted by Crippen LogP contribution is -2.38. The Morgan fingerprint density at radius 1 is 1.33 bits per heavy atom.